The van der Waals surface area contributed by atoms with E-state index >= 15 is 0 Å². The molecule has 0 amide bonds. The van der Waals surface area contributed by atoms with Crippen LogP contribution in [0.2, 0.25) is 0 Å². The first-order valence-corrected chi connectivity index (χ1v) is 10.5. The van der Waals surface area contributed by atoms with Gasteiger partial charge in [-0.05, 0) is 31.2 Å². The molecule has 156 valence electrons. The van der Waals surface area contributed by atoms with Crippen molar-refractivity contribution in [3.8, 4) is 23.8 Å². The van der Waals surface area contributed by atoms with Crippen LogP contribution < -0.4 is 20.9 Å². The monoisotopic (exact) mass is 412 g/mol. The Labute approximate surface area is 181 Å². The number of anilines is 1. The molecule has 1 spiro atoms. The smallest absolute Gasteiger partial charge is 0.260 e. The standard InChI is InChI=1S/C25H24N4O2/c1-3-18-9-10-20-21(15-18)31-25(24(20)26)11-13-28(14-12-25)22-16-23(30)29(17(2)27-22)19-7-5-4-6-8-19/h1,4-10,15-16,24H,11-14,26H2,2H3/t24-/m1/s1. The van der Waals surface area contributed by atoms with E-state index in [1.54, 1.807) is 10.6 Å². The number of terminal acetylenes is 1. The molecule has 2 aliphatic heterocycles. The zero-order chi connectivity index (χ0) is 21.6. The van der Waals surface area contributed by atoms with Crippen LogP contribution in [0.25, 0.3) is 5.69 Å². The fraction of sp³-hybridized carbons (Fsp3) is 0.280. The fourth-order valence-electron chi connectivity index (χ4n) is 4.70. The van der Waals surface area contributed by atoms with Crippen molar-refractivity contribution in [2.24, 2.45) is 5.73 Å². The predicted molar refractivity (Wildman–Crippen MR) is 121 cm³/mol. The first-order valence-electron chi connectivity index (χ1n) is 10.5. The van der Waals surface area contributed by atoms with Gasteiger partial charge in [0, 0.05) is 43.1 Å². The maximum absolute atomic E-state index is 12.9. The van der Waals surface area contributed by atoms with E-state index in [9.17, 15) is 4.79 Å². The van der Waals surface area contributed by atoms with Crippen molar-refractivity contribution in [3.63, 3.8) is 0 Å². The van der Waals surface area contributed by atoms with Gasteiger partial charge in [-0.25, -0.2) is 4.98 Å². The minimum atomic E-state index is -0.444. The number of aromatic nitrogens is 2. The summed E-state index contributed by atoms with van der Waals surface area (Å²) in [6.45, 7) is 3.29. The van der Waals surface area contributed by atoms with Crippen molar-refractivity contribution in [1.82, 2.24) is 9.55 Å². The molecule has 3 aromatic rings. The van der Waals surface area contributed by atoms with E-state index in [0.29, 0.717) is 24.7 Å². The lowest BCUT2D eigenvalue weighted by atomic mass is 9.83. The summed E-state index contributed by atoms with van der Waals surface area (Å²) in [5.41, 5.74) is 8.68. The molecule has 3 heterocycles. The predicted octanol–water partition coefficient (Wildman–Crippen LogP) is 2.95. The Hall–Kier alpha value is -3.56. The first kappa shape index (κ1) is 19.4. The number of hydrogen-bond acceptors (Lipinski definition) is 5. The number of nitrogens with two attached hydrogens (primary N) is 1. The van der Waals surface area contributed by atoms with Crippen LogP contribution in [0.1, 0.15) is 35.8 Å². The summed E-state index contributed by atoms with van der Waals surface area (Å²) in [5.74, 6) is 4.80. The quantitative estimate of drug-likeness (QED) is 0.655. The minimum Gasteiger partial charge on any atom is -0.485 e. The highest BCUT2D eigenvalue weighted by Crippen LogP contribution is 2.47. The van der Waals surface area contributed by atoms with Gasteiger partial charge in [-0.15, -0.1) is 6.42 Å². The Bertz CT molecular complexity index is 1230. The van der Waals surface area contributed by atoms with Crippen LogP contribution in [0.15, 0.2) is 59.4 Å². The molecule has 2 aromatic carbocycles. The molecule has 6 nitrogen and oxygen atoms in total. The molecule has 6 heteroatoms. The van der Waals surface area contributed by atoms with Crippen LogP contribution in [0.3, 0.4) is 0 Å². The van der Waals surface area contributed by atoms with Crippen LogP contribution in [-0.2, 0) is 0 Å². The van der Waals surface area contributed by atoms with Crippen molar-refractivity contribution < 1.29 is 4.74 Å². The van der Waals surface area contributed by atoms with Crippen LogP contribution >= 0.6 is 0 Å². The number of piperidine rings is 1. The summed E-state index contributed by atoms with van der Waals surface area (Å²) < 4.78 is 7.99. The number of fused-ring (bicyclic) bond motifs is 1. The van der Waals surface area contributed by atoms with Gasteiger partial charge < -0.3 is 15.4 Å². The summed E-state index contributed by atoms with van der Waals surface area (Å²) in [7, 11) is 0. The molecule has 0 aliphatic carbocycles. The van der Waals surface area contributed by atoms with Crippen molar-refractivity contribution in [3.05, 3.63) is 81.9 Å². The average Bonchev–Trinajstić information content (AvgIpc) is 3.05. The maximum atomic E-state index is 12.9. The van der Waals surface area contributed by atoms with E-state index < -0.39 is 5.60 Å². The maximum Gasteiger partial charge on any atom is 0.260 e. The SMILES string of the molecule is C#Cc1ccc2c(c1)OC1(CCN(c3cc(=O)n(-c4ccccc4)c(C)n3)CC1)[C@@H]2N. The number of para-hydroxylation sites is 1. The third kappa shape index (κ3) is 3.18. The van der Waals surface area contributed by atoms with Crippen LogP contribution in [-0.4, -0.2) is 28.2 Å². The van der Waals surface area contributed by atoms with Gasteiger partial charge in [0.2, 0.25) is 0 Å². The second kappa shape index (κ2) is 7.29. The summed E-state index contributed by atoms with van der Waals surface area (Å²) in [4.78, 5) is 19.7. The van der Waals surface area contributed by atoms with E-state index in [1.807, 2.05) is 55.5 Å². The van der Waals surface area contributed by atoms with E-state index in [0.717, 1.165) is 35.4 Å². The fourth-order valence-corrected chi connectivity index (χ4v) is 4.70. The molecule has 2 aliphatic rings. The molecule has 1 atom stereocenters. The van der Waals surface area contributed by atoms with Gasteiger partial charge >= 0.3 is 0 Å². The second-order valence-corrected chi connectivity index (χ2v) is 8.20. The molecular formula is C25H24N4O2. The molecular weight excluding hydrogens is 388 g/mol. The van der Waals surface area contributed by atoms with E-state index in [2.05, 4.69) is 10.8 Å². The Morgan fingerprint density at radius 3 is 2.58 bits per heavy atom. The summed E-state index contributed by atoms with van der Waals surface area (Å²) in [5, 5.41) is 0. The highest BCUT2D eigenvalue weighted by molar-refractivity contribution is 5.50. The number of hydrogen-bond donors (Lipinski definition) is 1. The van der Waals surface area contributed by atoms with E-state index in [1.165, 1.54) is 0 Å². The molecule has 31 heavy (non-hydrogen) atoms. The van der Waals surface area contributed by atoms with Crippen LogP contribution in [0.5, 0.6) is 5.75 Å². The van der Waals surface area contributed by atoms with Crippen molar-refractivity contribution in [2.75, 3.05) is 18.0 Å². The largest absolute Gasteiger partial charge is 0.485 e. The van der Waals surface area contributed by atoms with Crippen LogP contribution in [0.4, 0.5) is 5.82 Å². The Morgan fingerprint density at radius 1 is 1.16 bits per heavy atom. The minimum absolute atomic E-state index is 0.0861. The van der Waals surface area contributed by atoms with Gasteiger partial charge in [-0.1, -0.05) is 30.2 Å². The Kier molecular flexibility index (Phi) is 4.57. The lowest BCUT2D eigenvalue weighted by Crippen LogP contribution is -2.51. The zero-order valence-electron chi connectivity index (χ0n) is 17.4. The normalized spacial score (nSPS) is 19.0. The molecule has 0 unspecified atom stereocenters. The van der Waals surface area contributed by atoms with Gasteiger partial charge in [-0.3, -0.25) is 9.36 Å². The van der Waals surface area contributed by atoms with E-state index in [4.69, 9.17) is 21.9 Å². The lowest BCUT2D eigenvalue weighted by Gasteiger charge is -2.41. The highest BCUT2D eigenvalue weighted by Gasteiger charge is 2.48. The van der Waals surface area contributed by atoms with Gasteiger partial charge in [-0.2, -0.15) is 0 Å². The highest BCUT2D eigenvalue weighted by atomic mass is 16.5. The average molecular weight is 412 g/mol. The second-order valence-electron chi connectivity index (χ2n) is 8.20. The van der Waals surface area contributed by atoms with Gasteiger partial charge in [0.05, 0.1) is 11.7 Å². The van der Waals surface area contributed by atoms with Gasteiger partial charge in [0.25, 0.3) is 5.56 Å². The zero-order valence-corrected chi connectivity index (χ0v) is 17.4. The number of rotatable bonds is 2. The molecule has 5 rings (SSSR count). The summed E-state index contributed by atoms with van der Waals surface area (Å²) >= 11 is 0. The molecule has 1 fully saturated rings. The third-order valence-electron chi connectivity index (χ3n) is 6.42. The van der Waals surface area contributed by atoms with Crippen molar-refractivity contribution in [1.29, 1.82) is 0 Å². The molecule has 1 saturated heterocycles. The van der Waals surface area contributed by atoms with Gasteiger partial charge in [0.1, 0.15) is 23.0 Å². The number of nitrogens with zero attached hydrogens (tertiary/aromatic N) is 3. The molecule has 0 bridgehead atoms. The lowest BCUT2D eigenvalue weighted by molar-refractivity contribution is 0.0431. The molecule has 2 N–H and O–H groups in total. The number of aryl methyl sites for hydroxylation is 1. The summed E-state index contributed by atoms with van der Waals surface area (Å²) in [6.07, 6.45) is 7.02. The number of benzene rings is 2. The van der Waals surface area contributed by atoms with E-state index in [-0.39, 0.29) is 11.6 Å². The Balaban J connectivity index is 1.37. The summed E-state index contributed by atoms with van der Waals surface area (Å²) in [6, 6.07) is 16.8. The van der Waals surface area contributed by atoms with Crippen LogP contribution in [0, 0.1) is 19.3 Å². The van der Waals surface area contributed by atoms with Crippen molar-refractivity contribution >= 4 is 5.82 Å². The Morgan fingerprint density at radius 2 is 1.90 bits per heavy atom. The molecule has 0 radical (unpaired) electrons. The topological polar surface area (TPSA) is 73.4 Å². The molecule has 0 saturated carbocycles. The first-order chi connectivity index (χ1) is 15.0. The van der Waals surface area contributed by atoms with Crippen molar-refractivity contribution in [2.45, 2.75) is 31.4 Å². The third-order valence-corrected chi connectivity index (χ3v) is 6.42. The van der Waals surface area contributed by atoms with Gasteiger partial charge in [0.15, 0.2) is 0 Å². The number of ether oxygens (including phenoxy) is 1. The molecule has 1 aromatic heterocycles.